The Morgan fingerprint density at radius 3 is 2.31 bits per heavy atom. The highest BCUT2D eigenvalue weighted by Crippen LogP contribution is 2.24. The minimum Gasteiger partial charge on any atom is -0.484 e. The minimum absolute atomic E-state index is 0.164. The van der Waals surface area contributed by atoms with Crippen LogP contribution in [0, 0.1) is 13.8 Å². The Balaban J connectivity index is 2.22. The van der Waals surface area contributed by atoms with Crippen LogP contribution in [0.15, 0.2) is 36.4 Å². The van der Waals surface area contributed by atoms with Crippen LogP contribution in [0.4, 0.5) is 0 Å². The zero-order valence-corrected chi connectivity index (χ0v) is 20.7. The maximum absolute atomic E-state index is 13.2. The highest BCUT2D eigenvalue weighted by molar-refractivity contribution is 6.42. The number of aryl methyl sites for hydroxylation is 2. The van der Waals surface area contributed by atoms with Crippen LogP contribution in [-0.2, 0) is 16.1 Å². The van der Waals surface area contributed by atoms with Crippen molar-refractivity contribution in [1.29, 1.82) is 0 Å². The third-order valence-electron chi connectivity index (χ3n) is 5.11. The van der Waals surface area contributed by atoms with Crippen LogP contribution in [-0.4, -0.2) is 35.9 Å². The molecule has 0 unspecified atom stereocenters. The number of hydrogen-bond donors (Lipinski definition) is 1. The molecule has 32 heavy (non-hydrogen) atoms. The monoisotopic (exact) mass is 478 g/mol. The van der Waals surface area contributed by atoms with Crippen LogP contribution >= 0.6 is 23.2 Å². The van der Waals surface area contributed by atoms with Gasteiger partial charge in [-0.3, -0.25) is 9.59 Å². The van der Waals surface area contributed by atoms with E-state index in [2.05, 4.69) is 12.2 Å². The van der Waals surface area contributed by atoms with E-state index in [0.717, 1.165) is 29.5 Å². The molecule has 7 heteroatoms. The lowest BCUT2D eigenvalue weighted by molar-refractivity contribution is -0.143. The van der Waals surface area contributed by atoms with E-state index in [1.54, 1.807) is 23.1 Å². The van der Waals surface area contributed by atoms with Crippen LogP contribution in [0.5, 0.6) is 5.75 Å². The molecule has 1 atom stereocenters. The molecule has 0 aliphatic heterocycles. The summed E-state index contributed by atoms with van der Waals surface area (Å²) < 4.78 is 5.79. The standard InChI is InChI=1S/C25H32Cl2N2O3/c1-5-7-10-28-25(31)23(6-2)29(15-19-8-9-21(26)22(27)14-19)24(30)16-32-20-12-17(3)11-18(4)13-20/h8-9,11-14,23H,5-7,10,15-16H2,1-4H3,(H,28,31)/t23-/m0/s1. The lowest BCUT2D eigenvalue weighted by atomic mass is 10.1. The van der Waals surface area contributed by atoms with Crippen LogP contribution < -0.4 is 10.1 Å². The molecule has 0 saturated carbocycles. The number of nitrogens with zero attached hydrogens (tertiary/aromatic N) is 1. The lowest BCUT2D eigenvalue weighted by Crippen LogP contribution is -2.50. The lowest BCUT2D eigenvalue weighted by Gasteiger charge is -2.30. The van der Waals surface area contributed by atoms with Crippen LogP contribution in [0.2, 0.25) is 10.0 Å². The molecule has 2 aromatic carbocycles. The van der Waals surface area contributed by atoms with Gasteiger partial charge in [0.15, 0.2) is 6.61 Å². The van der Waals surface area contributed by atoms with E-state index in [1.807, 2.05) is 39.0 Å². The van der Waals surface area contributed by atoms with Crippen LogP contribution in [0.1, 0.15) is 49.8 Å². The molecule has 0 bridgehead atoms. The molecule has 2 aromatic rings. The number of rotatable bonds is 11. The molecule has 0 heterocycles. The summed E-state index contributed by atoms with van der Waals surface area (Å²) in [4.78, 5) is 27.7. The third-order valence-corrected chi connectivity index (χ3v) is 5.85. The van der Waals surface area contributed by atoms with Crippen LogP contribution in [0.25, 0.3) is 0 Å². The number of hydrogen-bond acceptors (Lipinski definition) is 3. The molecule has 2 amide bonds. The molecule has 174 valence electrons. The Labute approximate surface area is 201 Å². The molecule has 5 nitrogen and oxygen atoms in total. The number of carbonyl (C=O) groups excluding carboxylic acids is 2. The van der Waals surface area contributed by atoms with Gasteiger partial charge >= 0.3 is 0 Å². The highest BCUT2D eigenvalue weighted by Gasteiger charge is 2.29. The van der Waals surface area contributed by atoms with Gasteiger partial charge in [0.2, 0.25) is 5.91 Å². The van der Waals surface area contributed by atoms with Gasteiger partial charge in [0, 0.05) is 13.1 Å². The fourth-order valence-electron chi connectivity index (χ4n) is 3.50. The maximum Gasteiger partial charge on any atom is 0.261 e. The molecule has 0 aromatic heterocycles. The first-order chi connectivity index (χ1) is 15.2. The van der Waals surface area contributed by atoms with Gasteiger partial charge in [-0.15, -0.1) is 0 Å². The average molecular weight is 479 g/mol. The summed E-state index contributed by atoms with van der Waals surface area (Å²) in [6, 6.07) is 10.4. The van der Waals surface area contributed by atoms with Gasteiger partial charge in [0.25, 0.3) is 5.91 Å². The molecule has 2 rings (SSSR count). The molecule has 1 N–H and O–H groups in total. The van der Waals surface area contributed by atoms with Crippen molar-refractivity contribution in [3.63, 3.8) is 0 Å². The Kier molecular flexibility index (Phi) is 10.3. The average Bonchev–Trinajstić information content (AvgIpc) is 2.74. The summed E-state index contributed by atoms with van der Waals surface area (Å²) in [5.41, 5.74) is 2.91. The molecule has 0 radical (unpaired) electrons. The maximum atomic E-state index is 13.2. The number of carbonyl (C=O) groups is 2. The van der Waals surface area contributed by atoms with Crippen molar-refractivity contribution in [2.45, 2.75) is 59.5 Å². The van der Waals surface area contributed by atoms with E-state index in [1.165, 1.54) is 0 Å². The second-order valence-corrected chi connectivity index (χ2v) is 8.77. The van der Waals surface area contributed by atoms with Crippen molar-refractivity contribution in [1.82, 2.24) is 10.2 Å². The largest absolute Gasteiger partial charge is 0.484 e. The van der Waals surface area contributed by atoms with Crippen molar-refractivity contribution in [2.75, 3.05) is 13.2 Å². The first-order valence-electron chi connectivity index (χ1n) is 11.0. The first-order valence-corrected chi connectivity index (χ1v) is 11.7. The van der Waals surface area contributed by atoms with Gasteiger partial charge in [-0.25, -0.2) is 0 Å². The van der Waals surface area contributed by atoms with Crippen LogP contribution in [0.3, 0.4) is 0 Å². The van der Waals surface area contributed by atoms with Gasteiger partial charge in [-0.2, -0.15) is 0 Å². The number of ether oxygens (including phenoxy) is 1. The number of benzene rings is 2. The summed E-state index contributed by atoms with van der Waals surface area (Å²) >= 11 is 12.2. The van der Waals surface area contributed by atoms with Gasteiger partial charge < -0.3 is 15.0 Å². The SMILES string of the molecule is CCCCNC(=O)[C@H](CC)N(Cc1ccc(Cl)c(Cl)c1)C(=O)COc1cc(C)cc(C)c1. The minimum atomic E-state index is -0.614. The van der Waals surface area contributed by atoms with E-state index in [9.17, 15) is 9.59 Å². The fourth-order valence-corrected chi connectivity index (χ4v) is 3.83. The molecular formula is C25H32Cl2N2O3. The Hall–Kier alpha value is -2.24. The highest BCUT2D eigenvalue weighted by atomic mass is 35.5. The molecule has 0 aliphatic rings. The zero-order chi connectivity index (χ0) is 23.7. The van der Waals surface area contributed by atoms with Crippen molar-refractivity contribution < 1.29 is 14.3 Å². The Morgan fingerprint density at radius 1 is 1.03 bits per heavy atom. The Morgan fingerprint density at radius 2 is 1.72 bits per heavy atom. The first kappa shape index (κ1) is 26.0. The topological polar surface area (TPSA) is 58.6 Å². The number of amides is 2. The van der Waals surface area contributed by atoms with Gasteiger partial charge in [-0.05, 0) is 67.6 Å². The quantitative estimate of drug-likeness (QED) is 0.420. The number of unbranched alkanes of at least 4 members (excludes halogenated alkanes) is 1. The van der Waals surface area contributed by atoms with Crippen molar-refractivity contribution in [3.8, 4) is 5.75 Å². The zero-order valence-electron chi connectivity index (χ0n) is 19.2. The van der Waals surface area contributed by atoms with Crippen molar-refractivity contribution in [2.24, 2.45) is 0 Å². The summed E-state index contributed by atoms with van der Waals surface area (Å²) in [6.45, 7) is 8.56. The van der Waals surface area contributed by atoms with Crippen molar-refractivity contribution >= 4 is 35.0 Å². The Bertz CT molecular complexity index is 913. The third kappa shape index (κ3) is 7.72. The van der Waals surface area contributed by atoms with Gasteiger partial charge in [0.05, 0.1) is 10.0 Å². The predicted octanol–water partition coefficient (Wildman–Crippen LogP) is 5.71. The second kappa shape index (κ2) is 12.7. The van der Waals surface area contributed by atoms with E-state index in [-0.39, 0.29) is 25.0 Å². The van der Waals surface area contributed by atoms with Crippen molar-refractivity contribution in [3.05, 3.63) is 63.1 Å². The molecule has 0 spiro atoms. The normalized spacial score (nSPS) is 11.7. The predicted molar refractivity (Wildman–Crippen MR) is 130 cm³/mol. The fraction of sp³-hybridized carbons (Fsp3) is 0.440. The summed E-state index contributed by atoms with van der Waals surface area (Å²) in [5, 5.41) is 3.79. The van der Waals surface area contributed by atoms with Gasteiger partial charge in [0.1, 0.15) is 11.8 Å². The van der Waals surface area contributed by atoms with E-state index in [4.69, 9.17) is 27.9 Å². The summed E-state index contributed by atoms with van der Waals surface area (Å²) in [6.07, 6.45) is 2.35. The van der Waals surface area contributed by atoms with E-state index < -0.39 is 6.04 Å². The smallest absolute Gasteiger partial charge is 0.261 e. The van der Waals surface area contributed by atoms with E-state index >= 15 is 0 Å². The molecule has 0 fully saturated rings. The summed E-state index contributed by atoms with van der Waals surface area (Å²) in [5.74, 6) is 0.194. The number of halogens is 2. The molecule has 0 aliphatic carbocycles. The molecular weight excluding hydrogens is 447 g/mol. The second-order valence-electron chi connectivity index (χ2n) is 7.95. The summed E-state index contributed by atoms with van der Waals surface area (Å²) in [7, 11) is 0. The van der Waals surface area contributed by atoms with E-state index in [0.29, 0.717) is 28.8 Å². The number of nitrogens with one attached hydrogen (secondary N) is 1. The van der Waals surface area contributed by atoms with Gasteiger partial charge in [-0.1, -0.05) is 55.6 Å². The molecule has 0 saturated heterocycles.